The highest BCUT2D eigenvalue weighted by atomic mass is 19.4. The number of carbonyl (C=O) groups is 1. The molecular formula is C15H13F3N2O2. The van der Waals surface area contributed by atoms with Crippen LogP contribution in [0, 0.1) is 6.92 Å². The third-order valence-corrected chi connectivity index (χ3v) is 2.71. The number of alkyl halides is 3. The monoisotopic (exact) mass is 310 g/mol. The fourth-order valence-corrected chi connectivity index (χ4v) is 1.73. The summed E-state index contributed by atoms with van der Waals surface area (Å²) >= 11 is 0. The van der Waals surface area contributed by atoms with Crippen LogP contribution in [0.15, 0.2) is 42.6 Å². The van der Waals surface area contributed by atoms with Crippen molar-refractivity contribution in [3.8, 4) is 5.75 Å². The molecule has 2 rings (SSSR count). The highest BCUT2D eigenvalue weighted by molar-refractivity contribution is 5.91. The maximum Gasteiger partial charge on any atom is 0.416 e. The van der Waals surface area contributed by atoms with Crippen molar-refractivity contribution in [2.24, 2.45) is 0 Å². The van der Waals surface area contributed by atoms with Crippen molar-refractivity contribution < 1.29 is 22.7 Å². The van der Waals surface area contributed by atoms with Gasteiger partial charge in [0.15, 0.2) is 6.61 Å². The molecule has 1 aromatic carbocycles. The second-order valence-electron chi connectivity index (χ2n) is 4.55. The molecule has 0 saturated carbocycles. The second-order valence-corrected chi connectivity index (χ2v) is 4.55. The zero-order chi connectivity index (χ0) is 16.2. The summed E-state index contributed by atoms with van der Waals surface area (Å²) in [6.07, 6.45) is -2.91. The van der Waals surface area contributed by atoms with Crippen LogP contribution in [0.5, 0.6) is 5.75 Å². The van der Waals surface area contributed by atoms with Crippen LogP contribution < -0.4 is 10.1 Å². The maximum atomic E-state index is 12.6. The molecule has 2 aromatic rings. The third kappa shape index (κ3) is 4.47. The summed E-state index contributed by atoms with van der Waals surface area (Å²) in [5.41, 5.74) is 0.455. The number of anilines is 1. The van der Waals surface area contributed by atoms with Gasteiger partial charge in [0.1, 0.15) is 5.75 Å². The van der Waals surface area contributed by atoms with E-state index in [1.807, 2.05) is 0 Å². The van der Waals surface area contributed by atoms with E-state index in [9.17, 15) is 18.0 Å². The Morgan fingerprint density at radius 3 is 2.73 bits per heavy atom. The zero-order valence-corrected chi connectivity index (χ0v) is 11.6. The Kier molecular flexibility index (Phi) is 4.65. The number of ether oxygens (including phenoxy) is 1. The lowest BCUT2D eigenvalue weighted by atomic mass is 10.2. The summed E-state index contributed by atoms with van der Waals surface area (Å²) in [4.78, 5) is 15.7. The molecule has 0 aliphatic heterocycles. The van der Waals surface area contributed by atoms with E-state index >= 15 is 0 Å². The lowest BCUT2D eigenvalue weighted by Crippen LogP contribution is -2.20. The quantitative estimate of drug-likeness (QED) is 0.941. The Hall–Kier alpha value is -2.57. The van der Waals surface area contributed by atoms with E-state index < -0.39 is 17.6 Å². The van der Waals surface area contributed by atoms with Crippen molar-refractivity contribution in [2.75, 3.05) is 11.9 Å². The van der Waals surface area contributed by atoms with Gasteiger partial charge in [-0.25, -0.2) is 0 Å². The van der Waals surface area contributed by atoms with E-state index in [1.54, 1.807) is 25.3 Å². The zero-order valence-electron chi connectivity index (χ0n) is 11.6. The smallest absolute Gasteiger partial charge is 0.416 e. The first-order valence-corrected chi connectivity index (χ1v) is 6.37. The average molecular weight is 310 g/mol. The van der Waals surface area contributed by atoms with Gasteiger partial charge < -0.3 is 10.1 Å². The van der Waals surface area contributed by atoms with E-state index in [4.69, 9.17) is 4.74 Å². The highest BCUT2D eigenvalue weighted by Crippen LogP contribution is 2.31. The molecule has 0 spiro atoms. The second kappa shape index (κ2) is 6.46. The average Bonchev–Trinajstić information content (AvgIpc) is 2.45. The molecule has 1 N–H and O–H groups in total. The van der Waals surface area contributed by atoms with Crippen LogP contribution in [0.2, 0.25) is 0 Å². The van der Waals surface area contributed by atoms with Crippen molar-refractivity contribution in [2.45, 2.75) is 13.1 Å². The maximum absolute atomic E-state index is 12.6. The van der Waals surface area contributed by atoms with Crippen LogP contribution in [0.3, 0.4) is 0 Å². The number of rotatable bonds is 4. The van der Waals surface area contributed by atoms with Crippen LogP contribution in [0.4, 0.5) is 18.9 Å². The van der Waals surface area contributed by atoms with Gasteiger partial charge in [-0.05, 0) is 37.3 Å². The molecule has 0 aliphatic carbocycles. The van der Waals surface area contributed by atoms with Gasteiger partial charge in [0.2, 0.25) is 0 Å². The molecule has 1 aromatic heterocycles. The number of nitrogens with one attached hydrogen (secondary N) is 1. The first-order chi connectivity index (χ1) is 10.3. The number of aryl methyl sites for hydroxylation is 1. The standard InChI is InChI=1S/C15H13F3N2O2/c1-10-7-12(5-6-19-10)20-14(21)9-22-13-4-2-3-11(8-13)15(16,17)18/h2-8H,9H2,1H3,(H,19,20,21). The predicted molar refractivity (Wildman–Crippen MR) is 74.5 cm³/mol. The summed E-state index contributed by atoms with van der Waals surface area (Å²) in [5, 5.41) is 2.57. The number of hydrogen-bond acceptors (Lipinski definition) is 3. The number of halogens is 3. The van der Waals surface area contributed by atoms with E-state index in [0.717, 1.165) is 17.8 Å². The molecule has 0 atom stereocenters. The predicted octanol–water partition coefficient (Wildman–Crippen LogP) is 3.43. The number of pyridine rings is 1. The Labute approximate surface area is 124 Å². The van der Waals surface area contributed by atoms with Crippen molar-refractivity contribution in [1.29, 1.82) is 0 Å². The molecule has 0 saturated heterocycles. The molecule has 4 nitrogen and oxygen atoms in total. The fourth-order valence-electron chi connectivity index (χ4n) is 1.73. The largest absolute Gasteiger partial charge is 0.484 e. The minimum Gasteiger partial charge on any atom is -0.484 e. The number of aromatic nitrogens is 1. The van der Waals surface area contributed by atoms with Crippen LogP contribution in [-0.2, 0) is 11.0 Å². The van der Waals surface area contributed by atoms with Gasteiger partial charge in [-0.1, -0.05) is 6.07 Å². The van der Waals surface area contributed by atoms with Crippen LogP contribution in [-0.4, -0.2) is 17.5 Å². The van der Waals surface area contributed by atoms with E-state index in [-0.39, 0.29) is 12.4 Å². The van der Waals surface area contributed by atoms with Crippen LogP contribution >= 0.6 is 0 Å². The fraction of sp³-hybridized carbons (Fsp3) is 0.200. The van der Waals surface area contributed by atoms with Gasteiger partial charge in [-0.2, -0.15) is 13.2 Å². The Morgan fingerprint density at radius 1 is 1.27 bits per heavy atom. The minimum absolute atomic E-state index is 0.0177. The van der Waals surface area contributed by atoms with Crippen LogP contribution in [0.25, 0.3) is 0 Å². The summed E-state index contributed by atoms with van der Waals surface area (Å²) in [6, 6.07) is 7.65. The number of benzene rings is 1. The first kappa shape index (κ1) is 15.8. The minimum atomic E-state index is -4.45. The van der Waals surface area contributed by atoms with Gasteiger partial charge >= 0.3 is 6.18 Å². The van der Waals surface area contributed by atoms with Crippen LogP contribution in [0.1, 0.15) is 11.3 Å². The molecule has 0 bridgehead atoms. The summed E-state index contributed by atoms with van der Waals surface area (Å²) in [5.74, 6) is -0.487. The van der Waals surface area contributed by atoms with Gasteiger partial charge in [0.25, 0.3) is 5.91 Å². The lowest BCUT2D eigenvalue weighted by Gasteiger charge is -2.10. The summed E-state index contributed by atoms with van der Waals surface area (Å²) < 4.78 is 42.7. The van der Waals surface area contributed by atoms with Gasteiger partial charge in [-0.3, -0.25) is 9.78 Å². The van der Waals surface area contributed by atoms with Gasteiger partial charge in [0.05, 0.1) is 5.56 Å². The molecule has 0 radical (unpaired) electrons. The van der Waals surface area contributed by atoms with Crippen molar-refractivity contribution in [3.63, 3.8) is 0 Å². The van der Waals surface area contributed by atoms with Gasteiger partial charge in [-0.15, -0.1) is 0 Å². The number of amides is 1. The normalized spacial score (nSPS) is 11.1. The van der Waals surface area contributed by atoms with Gasteiger partial charge in [0, 0.05) is 17.6 Å². The van der Waals surface area contributed by atoms with E-state index in [0.29, 0.717) is 5.69 Å². The number of carbonyl (C=O) groups excluding carboxylic acids is 1. The molecule has 0 fully saturated rings. The molecule has 0 unspecified atom stereocenters. The Bertz CT molecular complexity index is 672. The van der Waals surface area contributed by atoms with Crippen molar-refractivity contribution >= 4 is 11.6 Å². The molecule has 7 heteroatoms. The lowest BCUT2D eigenvalue weighted by molar-refractivity contribution is -0.137. The topological polar surface area (TPSA) is 51.2 Å². The summed E-state index contributed by atoms with van der Waals surface area (Å²) in [6.45, 7) is 1.39. The molecule has 1 amide bonds. The highest BCUT2D eigenvalue weighted by Gasteiger charge is 2.30. The molecule has 1 heterocycles. The van der Waals surface area contributed by atoms with E-state index in [2.05, 4.69) is 10.3 Å². The SMILES string of the molecule is Cc1cc(NC(=O)COc2cccc(C(F)(F)F)c2)ccn1. The third-order valence-electron chi connectivity index (χ3n) is 2.71. The molecule has 22 heavy (non-hydrogen) atoms. The summed E-state index contributed by atoms with van der Waals surface area (Å²) in [7, 11) is 0. The Morgan fingerprint density at radius 2 is 2.05 bits per heavy atom. The Balaban J connectivity index is 1.94. The number of hydrogen-bond donors (Lipinski definition) is 1. The van der Waals surface area contributed by atoms with Crippen molar-refractivity contribution in [3.05, 3.63) is 53.9 Å². The van der Waals surface area contributed by atoms with Crippen molar-refractivity contribution in [1.82, 2.24) is 4.98 Å². The number of nitrogens with zero attached hydrogens (tertiary/aromatic N) is 1. The van der Waals surface area contributed by atoms with E-state index in [1.165, 1.54) is 12.1 Å². The molecule has 0 aliphatic rings. The molecular weight excluding hydrogens is 297 g/mol. The molecule has 116 valence electrons. The first-order valence-electron chi connectivity index (χ1n) is 6.37.